The number of halogens is 1. The summed E-state index contributed by atoms with van der Waals surface area (Å²) in [5.74, 6) is 0.731. The molecule has 3 aromatic rings. The van der Waals surface area contributed by atoms with Gasteiger partial charge >= 0.3 is 0 Å². The Hall–Kier alpha value is -2.92. The third-order valence-corrected chi connectivity index (χ3v) is 7.62. The second-order valence-electron chi connectivity index (χ2n) is 9.86. The number of nitrogens with zero attached hydrogens (tertiary/aromatic N) is 4. The zero-order chi connectivity index (χ0) is 25.9. The van der Waals surface area contributed by atoms with E-state index in [-0.39, 0.29) is 4.90 Å². The minimum atomic E-state index is -3.68. The SMILES string of the molecule is CN1CCN(c2ccc(Nc3ncc(Cl)c(Nc4cccc(S(=O)(=O)NC(C)(C)C)c4)n3)cc2)CC1. The molecule has 192 valence electrons. The number of sulfonamides is 1. The molecule has 0 amide bonds. The highest BCUT2D eigenvalue weighted by atomic mass is 35.5. The van der Waals surface area contributed by atoms with Crippen LogP contribution < -0.4 is 20.3 Å². The Morgan fingerprint density at radius 2 is 1.64 bits per heavy atom. The van der Waals surface area contributed by atoms with Gasteiger partial charge in [0.1, 0.15) is 5.02 Å². The van der Waals surface area contributed by atoms with Crippen LogP contribution in [0.25, 0.3) is 0 Å². The molecule has 0 radical (unpaired) electrons. The summed E-state index contributed by atoms with van der Waals surface area (Å²) in [5, 5.41) is 6.62. The van der Waals surface area contributed by atoms with Crippen LogP contribution in [0.5, 0.6) is 0 Å². The second kappa shape index (κ2) is 10.6. The normalized spacial score (nSPS) is 15.1. The molecule has 11 heteroatoms. The van der Waals surface area contributed by atoms with E-state index >= 15 is 0 Å². The van der Waals surface area contributed by atoms with Gasteiger partial charge in [-0.25, -0.2) is 18.1 Å². The van der Waals surface area contributed by atoms with Crippen molar-refractivity contribution in [3.8, 4) is 0 Å². The molecule has 1 aliphatic heterocycles. The van der Waals surface area contributed by atoms with Gasteiger partial charge in [-0.2, -0.15) is 4.98 Å². The number of benzene rings is 2. The highest BCUT2D eigenvalue weighted by molar-refractivity contribution is 7.89. The highest BCUT2D eigenvalue weighted by Gasteiger charge is 2.22. The molecule has 1 aromatic heterocycles. The number of hydrogen-bond acceptors (Lipinski definition) is 8. The van der Waals surface area contributed by atoms with Crippen molar-refractivity contribution in [1.29, 1.82) is 0 Å². The summed E-state index contributed by atoms with van der Waals surface area (Å²) in [5.41, 5.74) is 1.97. The predicted molar refractivity (Wildman–Crippen MR) is 146 cm³/mol. The number of hydrogen-bond donors (Lipinski definition) is 3. The van der Waals surface area contributed by atoms with E-state index in [1.54, 1.807) is 39.0 Å². The van der Waals surface area contributed by atoms with Crippen LogP contribution >= 0.6 is 11.6 Å². The van der Waals surface area contributed by atoms with Crippen molar-refractivity contribution >= 4 is 50.5 Å². The van der Waals surface area contributed by atoms with Crippen molar-refractivity contribution < 1.29 is 8.42 Å². The molecular formula is C25H32ClN7O2S. The lowest BCUT2D eigenvalue weighted by Crippen LogP contribution is -2.44. The molecule has 0 aliphatic carbocycles. The molecule has 1 saturated heterocycles. The smallest absolute Gasteiger partial charge is 0.241 e. The fourth-order valence-corrected chi connectivity index (χ4v) is 5.41. The maximum atomic E-state index is 12.7. The lowest BCUT2D eigenvalue weighted by atomic mass is 10.1. The Labute approximate surface area is 217 Å². The standard InChI is InChI=1S/C25H32ClN7O2S/c1-25(2,3)31-36(34,35)21-7-5-6-19(16-21)28-23-22(26)17-27-24(30-23)29-18-8-10-20(11-9-18)33-14-12-32(4)13-15-33/h5-11,16-17,31H,12-15H2,1-4H3,(H2,27,28,29,30). The Kier molecular flexibility index (Phi) is 7.70. The number of anilines is 5. The van der Waals surface area contributed by atoms with Gasteiger partial charge in [-0.3, -0.25) is 0 Å². The molecule has 0 saturated carbocycles. The molecular weight excluding hydrogens is 498 g/mol. The molecule has 4 rings (SSSR count). The molecule has 0 atom stereocenters. The van der Waals surface area contributed by atoms with E-state index in [0.717, 1.165) is 31.9 Å². The summed E-state index contributed by atoms with van der Waals surface area (Å²) in [6.45, 7) is 9.50. The van der Waals surface area contributed by atoms with Gasteiger partial charge in [0, 0.05) is 48.8 Å². The first-order valence-corrected chi connectivity index (χ1v) is 13.6. The molecule has 2 aromatic carbocycles. The average molecular weight is 530 g/mol. The van der Waals surface area contributed by atoms with Crippen molar-refractivity contribution in [3.63, 3.8) is 0 Å². The topological polar surface area (TPSA) is 102 Å². The fraction of sp³-hybridized carbons (Fsp3) is 0.360. The van der Waals surface area contributed by atoms with Gasteiger partial charge in [-0.1, -0.05) is 17.7 Å². The third-order valence-electron chi connectivity index (χ3n) is 5.58. The zero-order valence-corrected chi connectivity index (χ0v) is 22.5. The number of piperazine rings is 1. The van der Waals surface area contributed by atoms with Gasteiger partial charge in [0.25, 0.3) is 0 Å². The largest absolute Gasteiger partial charge is 0.369 e. The monoisotopic (exact) mass is 529 g/mol. The molecule has 2 heterocycles. The van der Waals surface area contributed by atoms with Crippen LogP contribution in [0.3, 0.4) is 0 Å². The summed E-state index contributed by atoms with van der Waals surface area (Å²) in [7, 11) is -1.54. The summed E-state index contributed by atoms with van der Waals surface area (Å²) in [6, 6.07) is 14.6. The Balaban J connectivity index is 1.47. The van der Waals surface area contributed by atoms with Gasteiger partial charge in [-0.15, -0.1) is 0 Å². The Morgan fingerprint density at radius 1 is 0.944 bits per heavy atom. The molecule has 0 unspecified atom stereocenters. The van der Waals surface area contributed by atoms with Crippen LogP contribution in [0.1, 0.15) is 20.8 Å². The lowest BCUT2D eigenvalue weighted by Gasteiger charge is -2.34. The fourth-order valence-electron chi connectivity index (χ4n) is 3.80. The predicted octanol–water partition coefficient (Wildman–Crippen LogP) is 4.45. The van der Waals surface area contributed by atoms with E-state index in [9.17, 15) is 8.42 Å². The number of nitrogens with one attached hydrogen (secondary N) is 3. The number of aromatic nitrogens is 2. The van der Waals surface area contributed by atoms with Crippen molar-refractivity contribution in [1.82, 2.24) is 19.6 Å². The molecule has 0 spiro atoms. The number of rotatable bonds is 7. The minimum Gasteiger partial charge on any atom is -0.369 e. The van der Waals surface area contributed by atoms with Crippen LogP contribution in [-0.4, -0.2) is 62.1 Å². The van der Waals surface area contributed by atoms with Gasteiger partial charge in [0.15, 0.2) is 5.82 Å². The van der Waals surface area contributed by atoms with E-state index in [4.69, 9.17) is 11.6 Å². The summed E-state index contributed by atoms with van der Waals surface area (Å²) in [4.78, 5) is 13.6. The molecule has 1 aliphatic rings. The van der Waals surface area contributed by atoms with Crippen molar-refractivity contribution in [2.75, 3.05) is 48.8 Å². The van der Waals surface area contributed by atoms with E-state index in [0.29, 0.717) is 22.5 Å². The van der Waals surface area contributed by atoms with E-state index in [2.05, 4.69) is 54.3 Å². The van der Waals surface area contributed by atoms with Gasteiger partial charge in [0.2, 0.25) is 16.0 Å². The van der Waals surface area contributed by atoms with Gasteiger partial charge < -0.3 is 20.4 Å². The highest BCUT2D eigenvalue weighted by Crippen LogP contribution is 2.27. The van der Waals surface area contributed by atoms with Crippen molar-refractivity contribution in [3.05, 3.63) is 59.8 Å². The zero-order valence-electron chi connectivity index (χ0n) is 20.9. The summed E-state index contributed by atoms with van der Waals surface area (Å²) < 4.78 is 28.1. The number of likely N-dealkylation sites (N-methyl/N-ethyl adjacent to an activating group) is 1. The van der Waals surface area contributed by atoms with Crippen LogP contribution in [0.4, 0.5) is 28.8 Å². The van der Waals surface area contributed by atoms with Crippen LogP contribution in [0.2, 0.25) is 5.02 Å². The van der Waals surface area contributed by atoms with Crippen LogP contribution in [0.15, 0.2) is 59.6 Å². The first-order chi connectivity index (χ1) is 17.0. The average Bonchev–Trinajstić information content (AvgIpc) is 2.81. The molecule has 1 fully saturated rings. The second-order valence-corrected chi connectivity index (χ2v) is 12.0. The minimum absolute atomic E-state index is 0.145. The quantitative estimate of drug-likeness (QED) is 0.412. The van der Waals surface area contributed by atoms with E-state index in [1.165, 1.54) is 18.0 Å². The van der Waals surface area contributed by atoms with Crippen molar-refractivity contribution in [2.45, 2.75) is 31.2 Å². The van der Waals surface area contributed by atoms with Crippen LogP contribution in [-0.2, 0) is 10.0 Å². The summed E-state index contributed by atoms with van der Waals surface area (Å²) in [6.07, 6.45) is 1.50. The van der Waals surface area contributed by atoms with E-state index < -0.39 is 15.6 Å². The maximum Gasteiger partial charge on any atom is 0.241 e. The Bertz CT molecular complexity index is 1300. The summed E-state index contributed by atoms with van der Waals surface area (Å²) >= 11 is 6.33. The third kappa shape index (κ3) is 6.85. The molecule has 3 N–H and O–H groups in total. The van der Waals surface area contributed by atoms with Gasteiger partial charge in [0.05, 0.1) is 11.1 Å². The molecule has 9 nitrogen and oxygen atoms in total. The van der Waals surface area contributed by atoms with Crippen LogP contribution in [0, 0.1) is 0 Å². The Morgan fingerprint density at radius 3 is 2.31 bits per heavy atom. The van der Waals surface area contributed by atoms with Gasteiger partial charge in [-0.05, 0) is 70.3 Å². The molecule has 0 bridgehead atoms. The van der Waals surface area contributed by atoms with Crippen molar-refractivity contribution in [2.24, 2.45) is 0 Å². The first-order valence-electron chi connectivity index (χ1n) is 11.7. The van der Waals surface area contributed by atoms with E-state index in [1.807, 2.05) is 12.1 Å². The molecule has 36 heavy (non-hydrogen) atoms. The lowest BCUT2D eigenvalue weighted by molar-refractivity contribution is 0.313. The first kappa shape index (κ1) is 26.2. The maximum absolute atomic E-state index is 12.7.